The van der Waals surface area contributed by atoms with Crippen molar-refractivity contribution < 1.29 is 0 Å². The molecule has 0 unspecified atom stereocenters. The number of fused-ring (bicyclic) bond motifs is 1. The molecule has 0 radical (unpaired) electrons. The molecule has 4 heteroatoms. The van der Waals surface area contributed by atoms with E-state index < -0.39 is 0 Å². The van der Waals surface area contributed by atoms with E-state index in [1.165, 1.54) is 5.56 Å². The van der Waals surface area contributed by atoms with Crippen LogP contribution in [0.5, 0.6) is 0 Å². The number of nitrogens with zero attached hydrogens (tertiary/aromatic N) is 1. The summed E-state index contributed by atoms with van der Waals surface area (Å²) in [5.41, 5.74) is 2.26. The van der Waals surface area contributed by atoms with E-state index in [9.17, 15) is 0 Å². The number of rotatable bonds is 4. The molecule has 0 atom stereocenters. The minimum absolute atomic E-state index is 0.446. The minimum atomic E-state index is 0.446. The van der Waals surface area contributed by atoms with Crippen molar-refractivity contribution in [1.29, 1.82) is 0 Å². The number of benzene rings is 1. The van der Waals surface area contributed by atoms with Gasteiger partial charge in [-0.1, -0.05) is 36.7 Å². The third-order valence-corrected chi connectivity index (χ3v) is 4.41. The summed E-state index contributed by atoms with van der Waals surface area (Å²) in [5, 5.41) is 4.59. The summed E-state index contributed by atoms with van der Waals surface area (Å²) in [6.07, 6.45) is 1.09. The molecule has 0 aliphatic rings. The van der Waals surface area contributed by atoms with E-state index in [0.717, 1.165) is 38.6 Å². The van der Waals surface area contributed by atoms with Crippen LogP contribution in [0.1, 0.15) is 38.7 Å². The lowest BCUT2D eigenvalue weighted by atomic mass is 10.0. The quantitative estimate of drug-likeness (QED) is 0.729. The standard InChI is InChI=1S/C15H18Br2N2/c1-4-7-18-15-10(9(2)3)8-11-12(16)5-6-13(17)14(11)19-15/h5-6,8-9H,4,7H2,1-3H3,(H,18,19). The van der Waals surface area contributed by atoms with E-state index in [2.05, 4.69) is 70.1 Å². The SMILES string of the molecule is CCCNc1nc2c(Br)ccc(Br)c2cc1C(C)C. The normalized spacial score (nSPS) is 11.3. The van der Waals surface area contributed by atoms with Crippen molar-refractivity contribution in [3.05, 3.63) is 32.7 Å². The lowest BCUT2D eigenvalue weighted by Crippen LogP contribution is -2.07. The van der Waals surface area contributed by atoms with Gasteiger partial charge in [0.2, 0.25) is 0 Å². The fraction of sp³-hybridized carbons (Fsp3) is 0.400. The highest BCUT2D eigenvalue weighted by Gasteiger charge is 2.13. The van der Waals surface area contributed by atoms with Crippen LogP contribution >= 0.6 is 31.9 Å². The zero-order valence-corrected chi connectivity index (χ0v) is 14.6. The number of pyridine rings is 1. The topological polar surface area (TPSA) is 24.9 Å². The summed E-state index contributed by atoms with van der Waals surface area (Å²) in [4.78, 5) is 4.81. The molecule has 1 N–H and O–H groups in total. The first-order valence-electron chi connectivity index (χ1n) is 6.57. The number of hydrogen-bond donors (Lipinski definition) is 1. The molecule has 0 fully saturated rings. The van der Waals surface area contributed by atoms with Gasteiger partial charge in [0.05, 0.1) is 5.52 Å². The zero-order valence-electron chi connectivity index (χ0n) is 11.4. The molecule has 2 nitrogen and oxygen atoms in total. The average molecular weight is 386 g/mol. The molecule has 19 heavy (non-hydrogen) atoms. The summed E-state index contributed by atoms with van der Waals surface area (Å²) in [7, 11) is 0. The highest BCUT2D eigenvalue weighted by molar-refractivity contribution is 9.11. The third-order valence-electron chi connectivity index (χ3n) is 3.08. The number of hydrogen-bond acceptors (Lipinski definition) is 2. The van der Waals surface area contributed by atoms with E-state index in [0.29, 0.717) is 5.92 Å². The minimum Gasteiger partial charge on any atom is -0.370 e. The largest absolute Gasteiger partial charge is 0.370 e. The van der Waals surface area contributed by atoms with Gasteiger partial charge in [0.25, 0.3) is 0 Å². The van der Waals surface area contributed by atoms with Crippen LogP contribution in [0.4, 0.5) is 5.82 Å². The molecule has 0 amide bonds. The van der Waals surface area contributed by atoms with Crippen molar-refractivity contribution >= 4 is 48.6 Å². The molecule has 1 heterocycles. The van der Waals surface area contributed by atoms with Crippen molar-refractivity contribution in [2.24, 2.45) is 0 Å². The third kappa shape index (κ3) is 3.11. The molecule has 2 rings (SSSR count). The summed E-state index contributed by atoms with van der Waals surface area (Å²) in [5.74, 6) is 1.45. The first kappa shape index (κ1) is 14.8. The second-order valence-corrected chi connectivity index (χ2v) is 6.64. The molecular weight excluding hydrogens is 368 g/mol. The zero-order chi connectivity index (χ0) is 14.0. The van der Waals surface area contributed by atoms with Crippen LogP contribution in [0.15, 0.2) is 27.1 Å². The van der Waals surface area contributed by atoms with Gasteiger partial charge >= 0.3 is 0 Å². The lowest BCUT2D eigenvalue weighted by Gasteiger charge is -2.16. The number of halogens is 2. The molecule has 0 aliphatic carbocycles. The van der Waals surface area contributed by atoms with Crippen LogP contribution in [0, 0.1) is 0 Å². The van der Waals surface area contributed by atoms with Crippen molar-refractivity contribution in [2.45, 2.75) is 33.1 Å². The van der Waals surface area contributed by atoms with Gasteiger partial charge < -0.3 is 5.32 Å². The maximum Gasteiger partial charge on any atom is 0.130 e. The summed E-state index contributed by atoms with van der Waals surface area (Å²) in [6.45, 7) is 7.51. The molecule has 0 saturated carbocycles. The molecule has 1 aromatic heterocycles. The van der Waals surface area contributed by atoms with E-state index in [1.807, 2.05) is 6.07 Å². The Kier molecular flexibility index (Phi) is 4.85. The summed E-state index contributed by atoms with van der Waals surface area (Å²) in [6, 6.07) is 6.31. The van der Waals surface area contributed by atoms with Gasteiger partial charge in [0, 0.05) is 20.9 Å². The number of anilines is 1. The summed E-state index contributed by atoms with van der Waals surface area (Å²) >= 11 is 7.19. The van der Waals surface area contributed by atoms with Crippen molar-refractivity contribution in [1.82, 2.24) is 4.98 Å². The molecule has 0 saturated heterocycles. The summed E-state index contributed by atoms with van der Waals surface area (Å²) < 4.78 is 2.11. The Morgan fingerprint density at radius 2 is 1.89 bits per heavy atom. The van der Waals surface area contributed by atoms with Gasteiger partial charge in [-0.15, -0.1) is 0 Å². The van der Waals surface area contributed by atoms with Gasteiger partial charge in [-0.05, 0) is 52.0 Å². The smallest absolute Gasteiger partial charge is 0.130 e. The van der Waals surface area contributed by atoms with Crippen LogP contribution in [-0.2, 0) is 0 Å². The Balaban J connectivity index is 2.65. The van der Waals surface area contributed by atoms with Crippen LogP contribution in [0.25, 0.3) is 10.9 Å². The van der Waals surface area contributed by atoms with Gasteiger partial charge in [-0.25, -0.2) is 4.98 Å². The average Bonchev–Trinajstić information content (AvgIpc) is 2.39. The molecule has 0 bridgehead atoms. The second kappa shape index (κ2) is 6.23. The second-order valence-electron chi connectivity index (χ2n) is 4.93. The van der Waals surface area contributed by atoms with Crippen LogP contribution in [0.2, 0.25) is 0 Å². The highest BCUT2D eigenvalue weighted by Crippen LogP contribution is 2.34. The number of aromatic nitrogens is 1. The van der Waals surface area contributed by atoms with E-state index in [1.54, 1.807) is 0 Å². The number of nitrogens with one attached hydrogen (secondary N) is 1. The van der Waals surface area contributed by atoms with Crippen molar-refractivity contribution in [2.75, 3.05) is 11.9 Å². The monoisotopic (exact) mass is 384 g/mol. The van der Waals surface area contributed by atoms with Gasteiger partial charge in [0.15, 0.2) is 0 Å². The maximum atomic E-state index is 4.81. The highest BCUT2D eigenvalue weighted by atomic mass is 79.9. The van der Waals surface area contributed by atoms with Gasteiger partial charge in [-0.3, -0.25) is 0 Å². The van der Waals surface area contributed by atoms with Crippen molar-refractivity contribution in [3.8, 4) is 0 Å². The predicted molar refractivity (Wildman–Crippen MR) is 90.0 cm³/mol. The fourth-order valence-electron chi connectivity index (χ4n) is 2.03. The van der Waals surface area contributed by atoms with Crippen LogP contribution in [-0.4, -0.2) is 11.5 Å². The van der Waals surface area contributed by atoms with Crippen molar-refractivity contribution in [3.63, 3.8) is 0 Å². The Labute approximate surface area is 131 Å². The molecule has 0 spiro atoms. The van der Waals surface area contributed by atoms with Crippen LogP contribution in [0.3, 0.4) is 0 Å². The lowest BCUT2D eigenvalue weighted by molar-refractivity contribution is 0.856. The molecule has 102 valence electrons. The Hall–Kier alpha value is -0.610. The molecule has 0 aliphatic heterocycles. The predicted octanol–water partition coefficient (Wildman–Crippen LogP) is 5.71. The van der Waals surface area contributed by atoms with E-state index >= 15 is 0 Å². The van der Waals surface area contributed by atoms with Gasteiger partial charge in [0.1, 0.15) is 5.82 Å². The Morgan fingerprint density at radius 1 is 1.21 bits per heavy atom. The van der Waals surface area contributed by atoms with E-state index in [4.69, 9.17) is 4.98 Å². The molecule has 1 aromatic carbocycles. The first-order chi connectivity index (χ1) is 9.04. The first-order valence-corrected chi connectivity index (χ1v) is 8.15. The Bertz CT molecular complexity index is 594. The van der Waals surface area contributed by atoms with E-state index in [-0.39, 0.29) is 0 Å². The molecule has 2 aromatic rings. The van der Waals surface area contributed by atoms with Crippen LogP contribution < -0.4 is 5.32 Å². The Morgan fingerprint density at radius 3 is 2.53 bits per heavy atom. The maximum absolute atomic E-state index is 4.81. The fourth-order valence-corrected chi connectivity index (χ4v) is 2.90. The van der Waals surface area contributed by atoms with Gasteiger partial charge in [-0.2, -0.15) is 0 Å². The molecular formula is C15H18Br2N2.